The van der Waals surface area contributed by atoms with Gasteiger partial charge in [-0.15, -0.1) is 0 Å². The minimum absolute atomic E-state index is 0.106. The first-order chi connectivity index (χ1) is 9.61. The van der Waals surface area contributed by atoms with E-state index < -0.39 is 0 Å². The lowest BCUT2D eigenvalue weighted by molar-refractivity contribution is -0.904. The maximum atomic E-state index is 12.2. The van der Waals surface area contributed by atoms with Crippen molar-refractivity contribution in [1.29, 1.82) is 0 Å². The van der Waals surface area contributed by atoms with Crippen LogP contribution in [0.2, 0.25) is 0 Å². The van der Waals surface area contributed by atoms with E-state index in [9.17, 15) is 10.0 Å². The van der Waals surface area contributed by atoms with Crippen molar-refractivity contribution in [2.75, 3.05) is 13.6 Å². The van der Waals surface area contributed by atoms with Crippen LogP contribution in [0.4, 0.5) is 4.79 Å². The zero-order valence-electron chi connectivity index (χ0n) is 11.7. The average Bonchev–Trinajstić information content (AvgIpc) is 2.93. The van der Waals surface area contributed by atoms with Gasteiger partial charge in [0.05, 0.1) is 11.3 Å². The molecule has 1 N–H and O–H groups in total. The monoisotopic (exact) mass is 275 g/mol. The van der Waals surface area contributed by atoms with Gasteiger partial charge in [0.25, 0.3) is 0 Å². The fraction of sp³-hybridized carbons (Fsp3) is 0.357. The van der Waals surface area contributed by atoms with Gasteiger partial charge in [-0.2, -0.15) is 0 Å². The number of hydrogen-bond acceptors (Lipinski definition) is 3. The molecule has 0 fully saturated rings. The summed E-state index contributed by atoms with van der Waals surface area (Å²) in [5.74, 6) is 0. The average molecular weight is 275 g/mol. The van der Waals surface area contributed by atoms with Gasteiger partial charge in [0.15, 0.2) is 0 Å². The molecule has 0 spiro atoms. The SMILES string of the molecule is CCCCN(C)C(=O)n1cnc(-c2ccc[n+](O)c2)c1. The highest BCUT2D eigenvalue weighted by Crippen LogP contribution is 2.14. The van der Waals surface area contributed by atoms with Crippen LogP contribution in [0.1, 0.15) is 19.8 Å². The molecule has 6 heteroatoms. The first-order valence-electron chi connectivity index (χ1n) is 6.62. The lowest BCUT2D eigenvalue weighted by atomic mass is 10.2. The van der Waals surface area contributed by atoms with Gasteiger partial charge in [-0.25, -0.2) is 9.78 Å². The van der Waals surface area contributed by atoms with E-state index in [1.807, 2.05) is 6.07 Å². The molecule has 106 valence electrons. The maximum Gasteiger partial charge on any atom is 0.329 e. The fourth-order valence-corrected chi connectivity index (χ4v) is 1.88. The fourth-order valence-electron chi connectivity index (χ4n) is 1.88. The van der Waals surface area contributed by atoms with Crippen molar-refractivity contribution < 1.29 is 14.7 Å². The summed E-state index contributed by atoms with van der Waals surface area (Å²) >= 11 is 0. The molecule has 0 atom stereocenters. The molecule has 0 aromatic carbocycles. The summed E-state index contributed by atoms with van der Waals surface area (Å²) < 4.78 is 2.42. The van der Waals surface area contributed by atoms with Gasteiger partial charge in [-0.05, 0) is 12.5 Å². The largest absolute Gasteiger partial charge is 0.329 e. The number of imidazole rings is 1. The van der Waals surface area contributed by atoms with Crippen molar-refractivity contribution in [3.63, 3.8) is 0 Å². The van der Waals surface area contributed by atoms with Crippen molar-refractivity contribution in [2.24, 2.45) is 0 Å². The molecule has 2 rings (SSSR count). The first kappa shape index (κ1) is 14.0. The Morgan fingerprint density at radius 3 is 3.05 bits per heavy atom. The Morgan fingerprint density at radius 2 is 2.35 bits per heavy atom. The van der Waals surface area contributed by atoms with E-state index in [0.29, 0.717) is 5.69 Å². The quantitative estimate of drug-likeness (QED) is 0.683. The number of carbonyl (C=O) groups is 1. The van der Waals surface area contributed by atoms with E-state index in [-0.39, 0.29) is 6.03 Å². The zero-order chi connectivity index (χ0) is 14.5. The molecule has 2 aromatic rings. The minimum atomic E-state index is -0.106. The highest BCUT2D eigenvalue weighted by atomic mass is 16.5. The Kier molecular flexibility index (Phi) is 4.34. The first-order valence-corrected chi connectivity index (χ1v) is 6.62. The second kappa shape index (κ2) is 6.18. The van der Waals surface area contributed by atoms with Gasteiger partial charge in [-0.1, -0.05) is 13.3 Å². The predicted octanol–water partition coefficient (Wildman–Crippen LogP) is 1.77. The molecule has 20 heavy (non-hydrogen) atoms. The summed E-state index contributed by atoms with van der Waals surface area (Å²) in [6, 6.07) is 3.43. The Labute approximate surface area is 117 Å². The second-order valence-electron chi connectivity index (χ2n) is 4.70. The number of pyridine rings is 1. The maximum absolute atomic E-state index is 12.2. The number of aromatic nitrogens is 3. The highest BCUT2D eigenvalue weighted by Gasteiger charge is 2.13. The number of rotatable bonds is 4. The molecule has 2 heterocycles. The van der Waals surface area contributed by atoms with E-state index in [2.05, 4.69) is 11.9 Å². The third kappa shape index (κ3) is 3.14. The number of unbranched alkanes of at least 4 members (excludes halogenated alkanes) is 1. The van der Waals surface area contributed by atoms with Crippen LogP contribution < -0.4 is 4.73 Å². The van der Waals surface area contributed by atoms with Crippen LogP contribution >= 0.6 is 0 Å². The van der Waals surface area contributed by atoms with Crippen LogP contribution in [0.15, 0.2) is 37.1 Å². The van der Waals surface area contributed by atoms with E-state index >= 15 is 0 Å². The minimum Gasteiger partial charge on any atom is -0.327 e. The van der Waals surface area contributed by atoms with Crippen molar-refractivity contribution in [3.05, 3.63) is 37.1 Å². The third-order valence-corrected chi connectivity index (χ3v) is 3.06. The molecular formula is C14H19N4O2+. The Hall–Kier alpha value is -2.37. The molecule has 0 saturated carbocycles. The third-order valence-electron chi connectivity index (χ3n) is 3.06. The summed E-state index contributed by atoms with van der Waals surface area (Å²) in [4.78, 5) is 18.0. The molecule has 0 aliphatic rings. The molecule has 6 nitrogen and oxygen atoms in total. The van der Waals surface area contributed by atoms with Crippen molar-refractivity contribution >= 4 is 6.03 Å². The number of hydrogen-bond donors (Lipinski definition) is 1. The zero-order valence-corrected chi connectivity index (χ0v) is 11.7. The van der Waals surface area contributed by atoms with Crippen LogP contribution in [0.25, 0.3) is 11.3 Å². The van der Waals surface area contributed by atoms with Gasteiger partial charge in [-0.3, -0.25) is 9.77 Å². The number of amides is 1. The molecule has 0 aliphatic heterocycles. The molecular weight excluding hydrogens is 256 g/mol. The second-order valence-corrected chi connectivity index (χ2v) is 4.70. The summed E-state index contributed by atoms with van der Waals surface area (Å²) in [7, 11) is 1.78. The van der Waals surface area contributed by atoms with Crippen LogP contribution in [-0.2, 0) is 0 Å². The highest BCUT2D eigenvalue weighted by molar-refractivity contribution is 5.77. The van der Waals surface area contributed by atoms with Gasteiger partial charge in [0.1, 0.15) is 6.33 Å². The van der Waals surface area contributed by atoms with Gasteiger partial charge in [0.2, 0.25) is 12.4 Å². The lowest BCUT2D eigenvalue weighted by Gasteiger charge is -2.16. The summed E-state index contributed by atoms with van der Waals surface area (Å²) in [5, 5.41) is 9.38. The normalized spacial score (nSPS) is 10.5. The topological polar surface area (TPSA) is 62.2 Å². The molecule has 0 radical (unpaired) electrons. The molecule has 0 unspecified atom stereocenters. The Balaban J connectivity index is 2.14. The summed E-state index contributed by atoms with van der Waals surface area (Å²) in [6.45, 7) is 2.82. The standard InChI is InChI=1S/C14H19N4O2/c1-3-4-7-16(2)14(19)17-10-13(15-11-17)12-6-5-8-18(20)9-12/h5-6,8-11,20H,3-4,7H2,1-2H3/q+1. The van der Waals surface area contributed by atoms with Crippen molar-refractivity contribution in [2.45, 2.75) is 19.8 Å². The Bertz CT molecular complexity index is 594. The van der Waals surface area contributed by atoms with E-state index in [1.54, 1.807) is 24.2 Å². The van der Waals surface area contributed by atoms with Gasteiger partial charge < -0.3 is 4.90 Å². The summed E-state index contributed by atoms with van der Waals surface area (Å²) in [5.41, 5.74) is 1.39. The van der Waals surface area contributed by atoms with E-state index in [1.165, 1.54) is 23.3 Å². The molecule has 0 bridgehead atoms. The molecule has 0 aliphatic carbocycles. The lowest BCUT2D eigenvalue weighted by Crippen LogP contribution is -2.31. The summed E-state index contributed by atoms with van der Waals surface area (Å²) in [6.07, 6.45) is 8.25. The Morgan fingerprint density at radius 1 is 1.55 bits per heavy atom. The smallest absolute Gasteiger partial charge is 0.327 e. The van der Waals surface area contributed by atoms with Gasteiger partial charge >= 0.3 is 6.03 Å². The van der Waals surface area contributed by atoms with Crippen LogP contribution in [-0.4, -0.2) is 39.3 Å². The van der Waals surface area contributed by atoms with Crippen LogP contribution in [0.5, 0.6) is 0 Å². The number of carbonyl (C=O) groups excluding carboxylic acids is 1. The van der Waals surface area contributed by atoms with E-state index in [0.717, 1.165) is 29.7 Å². The van der Waals surface area contributed by atoms with Crippen LogP contribution in [0.3, 0.4) is 0 Å². The van der Waals surface area contributed by atoms with Crippen LogP contribution in [0, 0.1) is 0 Å². The number of nitrogens with zero attached hydrogens (tertiary/aromatic N) is 4. The van der Waals surface area contributed by atoms with Crippen molar-refractivity contribution in [1.82, 2.24) is 14.5 Å². The molecule has 2 aromatic heterocycles. The predicted molar refractivity (Wildman–Crippen MR) is 73.4 cm³/mol. The van der Waals surface area contributed by atoms with Crippen molar-refractivity contribution in [3.8, 4) is 11.3 Å². The molecule has 0 saturated heterocycles. The molecule has 1 amide bonds. The van der Waals surface area contributed by atoms with Gasteiger partial charge in [0, 0.05) is 30.6 Å². The van der Waals surface area contributed by atoms with E-state index in [4.69, 9.17) is 0 Å².